The summed E-state index contributed by atoms with van der Waals surface area (Å²) >= 11 is 0. The van der Waals surface area contributed by atoms with E-state index in [4.69, 9.17) is 9.47 Å². The van der Waals surface area contributed by atoms with Crippen LogP contribution in [0.3, 0.4) is 0 Å². The van der Waals surface area contributed by atoms with Crippen molar-refractivity contribution in [2.24, 2.45) is 0 Å². The lowest BCUT2D eigenvalue weighted by atomic mass is 10.1. The summed E-state index contributed by atoms with van der Waals surface area (Å²) in [7, 11) is 0. The van der Waals surface area contributed by atoms with Crippen molar-refractivity contribution in [1.29, 1.82) is 0 Å². The van der Waals surface area contributed by atoms with Crippen LogP contribution in [0, 0.1) is 13.8 Å². The van der Waals surface area contributed by atoms with E-state index in [2.05, 4.69) is 19.2 Å². The lowest BCUT2D eigenvalue weighted by molar-refractivity contribution is -0.136. The zero-order valence-corrected chi connectivity index (χ0v) is 14.9. The second-order valence-corrected chi connectivity index (χ2v) is 6.17. The summed E-state index contributed by atoms with van der Waals surface area (Å²) in [6.45, 7) is 14.1. The van der Waals surface area contributed by atoms with Gasteiger partial charge in [-0.15, -0.1) is 0 Å². The SMILES string of the molecule is CCOC(C)(C)C(=O)Nc1cc(C)c(O[C@H](C)CC)c(C)c1. The van der Waals surface area contributed by atoms with Gasteiger partial charge in [0.25, 0.3) is 5.91 Å². The largest absolute Gasteiger partial charge is 0.490 e. The average molecular weight is 307 g/mol. The molecule has 22 heavy (non-hydrogen) atoms. The van der Waals surface area contributed by atoms with Crippen molar-refractivity contribution in [1.82, 2.24) is 0 Å². The molecule has 0 unspecified atom stereocenters. The fourth-order valence-electron chi connectivity index (χ4n) is 2.20. The lowest BCUT2D eigenvalue weighted by Crippen LogP contribution is -2.39. The number of benzene rings is 1. The molecule has 0 aromatic heterocycles. The van der Waals surface area contributed by atoms with Crippen LogP contribution in [0.15, 0.2) is 12.1 Å². The van der Waals surface area contributed by atoms with Gasteiger partial charge >= 0.3 is 0 Å². The number of rotatable bonds is 7. The van der Waals surface area contributed by atoms with Gasteiger partial charge < -0.3 is 14.8 Å². The monoisotopic (exact) mass is 307 g/mol. The van der Waals surface area contributed by atoms with Gasteiger partial charge in [0.2, 0.25) is 0 Å². The molecule has 1 aromatic rings. The Morgan fingerprint density at radius 2 is 1.77 bits per heavy atom. The van der Waals surface area contributed by atoms with Crippen molar-refractivity contribution in [3.8, 4) is 5.75 Å². The minimum Gasteiger partial charge on any atom is -0.490 e. The van der Waals surface area contributed by atoms with E-state index in [1.165, 1.54) is 0 Å². The predicted octanol–water partition coefficient (Wildman–Crippen LogP) is 4.23. The summed E-state index contributed by atoms with van der Waals surface area (Å²) < 4.78 is 11.4. The Labute approximate surface area is 134 Å². The normalized spacial score (nSPS) is 12.9. The van der Waals surface area contributed by atoms with Crippen molar-refractivity contribution >= 4 is 11.6 Å². The van der Waals surface area contributed by atoms with E-state index in [0.717, 1.165) is 29.0 Å². The highest BCUT2D eigenvalue weighted by molar-refractivity contribution is 5.97. The summed E-state index contributed by atoms with van der Waals surface area (Å²) in [5.74, 6) is 0.750. The maximum Gasteiger partial charge on any atom is 0.256 e. The molecule has 1 atom stereocenters. The molecule has 0 aliphatic rings. The van der Waals surface area contributed by atoms with Gasteiger partial charge in [0, 0.05) is 12.3 Å². The number of hydrogen-bond donors (Lipinski definition) is 1. The number of aryl methyl sites for hydroxylation is 2. The molecule has 0 fully saturated rings. The number of ether oxygens (including phenoxy) is 2. The van der Waals surface area contributed by atoms with Gasteiger partial charge in [-0.3, -0.25) is 4.79 Å². The first-order valence-corrected chi connectivity index (χ1v) is 7.94. The summed E-state index contributed by atoms with van der Waals surface area (Å²) in [6.07, 6.45) is 1.13. The molecular formula is C18H29NO3. The van der Waals surface area contributed by atoms with Crippen LogP contribution < -0.4 is 10.1 Å². The number of nitrogens with one attached hydrogen (secondary N) is 1. The summed E-state index contributed by atoms with van der Waals surface area (Å²) in [5.41, 5.74) is 1.96. The molecule has 0 bridgehead atoms. The van der Waals surface area contributed by atoms with Crippen molar-refractivity contribution in [2.45, 2.75) is 66.6 Å². The van der Waals surface area contributed by atoms with Crippen LogP contribution in [0.4, 0.5) is 5.69 Å². The summed E-state index contributed by atoms with van der Waals surface area (Å²) in [4.78, 5) is 12.3. The molecule has 1 N–H and O–H groups in total. The standard InChI is InChI=1S/C18H29NO3/c1-8-14(5)22-16-12(3)10-15(11-13(16)4)19-17(20)18(6,7)21-9-2/h10-11,14H,8-9H2,1-7H3,(H,19,20)/t14-/m1/s1. The highest BCUT2D eigenvalue weighted by atomic mass is 16.5. The zero-order valence-electron chi connectivity index (χ0n) is 14.9. The Balaban J connectivity index is 2.93. The van der Waals surface area contributed by atoms with Crippen molar-refractivity contribution in [2.75, 3.05) is 11.9 Å². The smallest absolute Gasteiger partial charge is 0.256 e. The molecule has 4 nitrogen and oxygen atoms in total. The fourth-order valence-corrected chi connectivity index (χ4v) is 2.20. The summed E-state index contributed by atoms with van der Waals surface area (Å²) in [5, 5.41) is 2.92. The second kappa shape index (κ2) is 7.63. The molecular weight excluding hydrogens is 278 g/mol. The molecule has 1 amide bonds. The van der Waals surface area contributed by atoms with Crippen molar-refractivity contribution < 1.29 is 14.3 Å². The molecule has 0 aliphatic heterocycles. The molecule has 0 radical (unpaired) electrons. The predicted molar refractivity (Wildman–Crippen MR) is 90.6 cm³/mol. The van der Waals surface area contributed by atoms with Crippen LogP contribution in [-0.2, 0) is 9.53 Å². The van der Waals surface area contributed by atoms with Crippen LogP contribution in [0.5, 0.6) is 5.75 Å². The first-order chi connectivity index (χ1) is 10.2. The zero-order chi connectivity index (χ0) is 16.9. The Hall–Kier alpha value is -1.55. The molecule has 0 saturated carbocycles. The third kappa shape index (κ3) is 4.73. The number of carbonyl (C=O) groups is 1. The maximum absolute atomic E-state index is 12.3. The number of anilines is 1. The van der Waals surface area contributed by atoms with Gasteiger partial charge in [-0.25, -0.2) is 0 Å². The van der Waals surface area contributed by atoms with Gasteiger partial charge in [-0.2, -0.15) is 0 Å². The van der Waals surface area contributed by atoms with Crippen LogP contribution in [0.1, 0.15) is 52.2 Å². The Morgan fingerprint density at radius 1 is 1.23 bits per heavy atom. The average Bonchev–Trinajstić information content (AvgIpc) is 2.42. The first kappa shape index (κ1) is 18.5. The van der Waals surface area contributed by atoms with Gasteiger partial charge in [0.05, 0.1) is 6.10 Å². The van der Waals surface area contributed by atoms with E-state index in [0.29, 0.717) is 6.61 Å². The Bertz CT molecular complexity index is 500. The molecule has 0 heterocycles. The second-order valence-electron chi connectivity index (χ2n) is 6.17. The third-order valence-electron chi connectivity index (χ3n) is 3.66. The van der Waals surface area contributed by atoms with Gasteiger partial charge in [-0.05, 0) is 71.2 Å². The van der Waals surface area contributed by atoms with E-state index in [9.17, 15) is 4.79 Å². The van der Waals surface area contributed by atoms with Crippen molar-refractivity contribution in [3.05, 3.63) is 23.3 Å². The van der Waals surface area contributed by atoms with E-state index < -0.39 is 5.60 Å². The van der Waals surface area contributed by atoms with E-state index in [1.807, 2.05) is 32.9 Å². The molecule has 1 rings (SSSR count). The number of carbonyl (C=O) groups excluding carboxylic acids is 1. The molecule has 0 saturated heterocycles. The summed E-state index contributed by atoms with van der Waals surface area (Å²) in [6, 6.07) is 3.87. The van der Waals surface area contributed by atoms with Gasteiger partial charge in [0.15, 0.2) is 0 Å². The molecule has 1 aromatic carbocycles. The highest BCUT2D eigenvalue weighted by Gasteiger charge is 2.28. The van der Waals surface area contributed by atoms with E-state index in [1.54, 1.807) is 13.8 Å². The van der Waals surface area contributed by atoms with Crippen LogP contribution in [0.2, 0.25) is 0 Å². The Morgan fingerprint density at radius 3 is 2.23 bits per heavy atom. The minimum atomic E-state index is -0.845. The van der Waals surface area contributed by atoms with Crippen LogP contribution in [0.25, 0.3) is 0 Å². The molecule has 4 heteroatoms. The Kier molecular flexibility index (Phi) is 6.42. The van der Waals surface area contributed by atoms with Crippen LogP contribution >= 0.6 is 0 Å². The molecule has 124 valence electrons. The van der Waals surface area contributed by atoms with E-state index >= 15 is 0 Å². The van der Waals surface area contributed by atoms with Gasteiger partial charge in [-0.1, -0.05) is 6.92 Å². The third-order valence-corrected chi connectivity index (χ3v) is 3.66. The minimum absolute atomic E-state index is 0.149. The first-order valence-electron chi connectivity index (χ1n) is 7.94. The molecule has 0 aliphatic carbocycles. The highest BCUT2D eigenvalue weighted by Crippen LogP contribution is 2.29. The number of amides is 1. The van der Waals surface area contributed by atoms with Gasteiger partial charge in [0.1, 0.15) is 11.4 Å². The maximum atomic E-state index is 12.3. The van der Waals surface area contributed by atoms with Crippen LogP contribution in [-0.4, -0.2) is 24.2 Å². The number of hydrogen-bond acceptors (Lipinski definition) is 3. The quantitative estimate of drug-likeness (QED) is 0.820. The fraction of sp³-hybridized carbons (Fsp3) is 0.611. The van der Waals surface area contributed by atoms with Crippen molar-refractivity contribution in [3.63, 3.8) is 0 Å². The lowest BCUT2D eigenvalue weighted by Gasteiger charge is -2.24. The van der Waals surface area contributed by atoms with E-state index in [-0.39, 0.29) is 12.0 Å². The molecule has 0 spiro atoms. The topological polar surface area (TPSA) is 47.6 Å².